The Balaban J connectivity index is 2.98. The average molecular weight is 166 g/mol. The van der Waals surface area contributed by atoms with E-state index in [2.05, 4.69) is 11.3 Å². The molecule has 0 unspecified atom stereocenters. The lowest BCUT2D eigenvalue weighted by Crippen LogP contribution is -1.98. The number of aryl methyl sites for hydroxylation is 1. The van der Waals surface area contributed by atoms with Gasteiger partial charge in [-0.3, -0.25) is 0 Å². The molecule has 55 valence electrons. The summed E-state index contributed by atoms with van der Waals surface area (Å²) in [4.78, 5) is 0. The van der Waals surface area contributed by atoms with Gasteiger partial charge in [0.1, 0.15) is 6.20 Å². The molecule has 0 fully saturated rings. The molecule has 0 aliphatic heterocycles. The second kappa shape index (κ2) is 2.54. The van der Waals surface area contributed by atoms with Crippen molar-refractivity contribution < 1.29 is 8.78 Å². The van der Waals surface area contributed by atoms with Crippen LogP contribution in [0.1, 0.15) is 12.2 Å². The summed E-state index contributed by atoms with van der Waals surface area (Å²) in [5.74, 6) is 0. The summed E-state index contributed by atoms with van der Waals surface area (Å²) >= 11 is 5.40. The van der Waals surface area contributed by atoms with Crippen molar-refractivity contribution in [1.82, 2.24) is 9.78 Å². The predicted octanol–water partition coefficient (Wildman–Crippen LogP) is 2.04. The van der Waals surface area contributed by atoms with Crippen LogP contribution in [0, 0.1) is 13.1 Å². The predicted molar refractivity (Wildman–Crippen MR) is 32.1 cm³/mol. The summed E-state index contributed by atoms with van der Waals surface area (Å²) in [5.41, 5.74) is 0.363. The molecule has 1 heterocycles. The first kappa shape index (κ1) is 7.47. The lowest BCUT2D eigenvalue weighted by molar-refractivity contribution is 0.0554. The number of rotatable bonds is 1. The SMILES string of the molecule is Cc1nn(C(F)F)[c]c1Cl. The van der Waals surface area contributed by atoms with Crippen LogP contribution in [-0.2, 0) is 0 Å². The van der Waals surface area contributed by atoms with Gasteiger partial charge in [-0.25, -0.2) is 4.68 Å². The first-order valence-corrected chi connectivity index (χ1v) is 2.91. The smallest absolute Gasteiger partial charge is 0.200 e. The Bertz CT molecular complexity index is 214. The summed E-state index contributed by atoms with van der Waals surface area (Å²) in [6.45, 7) is -1.12. The van der Waals surface area contributed by atoms with Gasteiger partial charge in [-0.15, -0.1) is 0 Å². The van der Waals surface area contributed by atoms with Crippen molar-refractivity contribution in [2.75, 3.05) is 0 Å². The minimum atomic E-state index is -2.66. The van der Waals surface area contributed by atoms with Crippen LogP contribution in [-0.4, -0.2) is 9.78 Å². The minimum Gasteiger partial charge on any atom is -0.200 e. The van der Waals surface area contributed by atoms with E-state index in [0.717, 1.165) is 0 Å². The highest BCUT2D eigenvalue weighted by molar-refractivity contribution is 6.30. The highest BCUT2D eigenvalue weighted by atomic mass is 35.5. The van der Waals surface area contributed by atoms with Crippen molar-refractivity contribution in [2.24, 2.45) is 0 Å². The molecule has 5 heteroatoms. The first-order chi connectivity index (χ1) is 4.61. The lowest BCUT2D eigenvalue weighted by Gasteiger charge is -1.93. The number of hydrogen-bond acceptors (Lipinski definition) is 1. The molecule has 0 aliphatic carbocycles. The zero-order valence-electron chi connectivity index (χ0n) is 5.11. The fraction of sp³-hybridized carbons (Fsp3) is 0.400. The Morgan fingerprint density at radius 3 is 2.50 bits per heavy atom. The van der Waals surface area contributed by atoms with Gasteiger partial charge in [0.2, 0.25) is 0 Å². The molecule has 0 amide bonds. The van der Waals surface area contributed by atoms with E-state index in [-0.39, 0.29) is 5.02 Å². The molecule has 0 spiro atoms. The van der Waals surface area contributed by atoms with E-state index in [1.54, 1.807) is 0 Å². The van der Waals surface area contributed by atoms with Crippen molar-refractivity contribution in [2.45, 2.75) is 13.5 Å². The second-order valence-corrected chi connectivity index (χ2v) is 2.11. The minimum absolute atomic E-state index is 0.139. The molecule has 0 N–H and O–H groups in total. The van der Waals surface area contributed by atoms with Crippen molar-refractivity contribution >= 4 is 11.6 Å². The molecule has 0 bridgehead atoms. The molecule has 0 aromatic carbocycles. The monoisotopic (exact) mass is 165 g/mol. The fourth-order valence-electron chi connectivity index (χ4n) is 0.504. The highest BCUT2D eigenvalue weighted by Crippen LogP contribution is 2.15. The van der Waals surface area contributed by atoms with Crippen LogP contribution in [0.15, 0.2) is 0 Å². The third-order valence-corrected chi connectivity index (χ3v) is 1.33. The second-order valence-electron chi connectivity index (χ2n) is 1.73. The molecule has 0 saturated heterocycles. The molecule has 0 saturated carbocycles. The van der Waals surface area contributed by atoms with Crippen LogP contribution in [0.2, 0.25) is 5.02 Å². The summed E-state index contributed by atoms with van der Waals surface area (Å²) in [6, 6.07) is 0. The van der Waals surface area contributed by atoms with Crippen molar-refractivity contribution in [3.8, 4) is 0 Å². The van der Waals surface area contributed by atoms with Crippen LogP contribution in [0.4, 0.5) is 8.78 Å². The van der Waals surface area contributed by atoms with E-state index >= 15 is 0 Å². The fourth-order valence-corrected chi connectivity index (χ4v) is 0.629. The van der Waals surface area contributed by atoms with Gasteiger partial charge in [-0.2, -0.15) is 13.9 Å². The van der Waals surface area contributed by atoms with Gasteiger partial charge >= 0.3 is 6.55 Å². The standard InChI is InChI=1S/C5H4ClF2N2/c1-3-4(6)2-10(9-3)5(7)8/h5H,1H3. The van der Waals surface area contributed by atoms with Gasteiger partial charge in [0.25, 0.3) is 0 Å². The third-order valence-electron chi connectivity index (χ3n) is 0.973. The van der Waals surface area contributed by atoms with Crippen LogP contribution < -0.4 is 0 Å². The maximum Gasteiger partial charge on any atom is 0.333 e. The highest BCUT2D eigenvalue weighted by Gasteiger charge is 2.09. The van der Waals surface area contributed by atoms with E-state index in [9.17, 15) is 8.78 Å². The largest absolute Gasteiger partial charge is 0.333 e. The molecule has 2 nitrogen and oxygen atoms in total. The van der Waals surface area contributed by atoms with Crippen LogP contribution in [0.3, 0.4) is 0 Å². The average Bonchev–Trinajstić information content (AvgIpc) is 2.13. The summed E-state index contributed by atoms with van der Waals surface area (Å²) in [5, 5.41) is 3.53. The van der Waals surface area contributed by atoms with E-state index in [0.29, 0.717) is 10.4 Å². The van der Waals surface area contributed by atoms with Crippen LogP contribution >= 0.6 is 11.6 Å². The molecule has 1 aromatic rings. The molecule has 0 aliphatic rings. The lowest BCUT2D eigenvalue weighted by atomic mass is 10.5. The summed E-state index contributed by atoms with van der Waals surface area (Å²) in [7, 11) is 0. The number of hydrogen-bond donors (Lipinski definition) is 0. The molecule has 1 aromatic heterocycles. The number of alkyl halides is 2. The van der Waals surface area contributed by atoms with E-state index < -0.39 is 6.55 Å². The number of halogens is 3. The van der Waals surface area contributed by atoms with E-state index in [4.69, 9.17) is 11.6 Å². The molecule has 1 radical (unpaired) electrons. The summed E-state index contributed by atoms with van der Waals surface area (Å²) in [6.07, 6.45) is 2.16. The van der Waals surface area contributed by atoms with E-state index in [1.807, 2.05) is 0 Å². The van der Waals surface area contributed by atoms with E-state index in [1.165, 1.54) is 6.92 Å². The molecule has 0 atom stereocenters. The Morgan fingerprint density at radius 2 is 2.30 bits per heavy atom. The summed E-state index contributed by atoms with van der Waals surface area (Å²) < 4.78 is 23.9. The third kappa shape index (κ3) is 1.26. The van der Waals surface area contributed by atoms with Gasteiger partial charge < -0.3 is 0 Å². The normalized spacial score (nSPS) is 10.9. The van der Waals surface area contributed by atoms with Gasteiger partial charge in [0, 0.05) is 0 Å². The molecular formula is C5H4ClF2N2. The quantitative estimate of drug-likeness (QED) is 0.623. The number of nitrogens with zero attached hydrogens (tertiary/aromatic N) is 2. The van der Waals surface area contributed by atoms with Crippen molar-refractivity contribution in [3.05, 3.63) is 16.9 Å². The number of aromatic nitrogens is 2. The van der Waals surface area contributed by atoms with Gasteiger partial charge in [-0.1, -0.05) is 11.6 Å². The van der Waals surface area contributed by atoms with Crippen molar-refractivity contribution in [1.29, 1.82) is 0 Å². The van der Waals surface area contributed by atoms with Crippen LogP contribution in [0.5, 0.6) is 0 Å². The Kier molecular flexibility index (Phi) is 1.89. The Morgan fingerprint density at radius 1 is 1.70 bits per heavy atom. The zero-order valence-corrected chi connectivity index (χ0v) is 5.86. The van der Waals surface area contributed by atoms with Gasteiger partial charge in [-0.05, 0) is 6.92 Å². The molecule has 1 rings (SSSR count). The Labute approximate surface area is 61.4 Å². The topological polar surface area (TPSA) is 17.8 Å². The van der Waals surface area contributed by atoms with Gasteiger partial charge in [0.05, 0.1) is 10.7 Å². The zero-order chi connectivity index (χ0) is 7.72. The maximum absolute atomic E-state index is 11.8. The first-order valence-electron chi connectivity index (χ1n) is 2.53. The molecule has 10 heavy (non-hydrogen) atoms. The molecular weight excluding hydrogens is 162 g/mol. The maximum atomic E-state index is 11.8. The van der Waals surface area contributed by atoms with Gasteiger partial charge in [0.15, 0.2) is 0 Å². The Hall–Kier alpha value is -0.640. The van der Waals surface area contributed by atoms with Crippen LogP contribution in [0.25, 0.3) is 0 Å². The van der Waals surface area contributed by atoms with Crippen molar-refractivity contribution in [3.63, 3.8) is 0 Å².